The van der Waals surface area contributed by atoms with Gasteiger partial charge in [-0.15, -0.1) is 0 Å². The molecule has 1 heterocycles. The fraction of sp³-hybridized carbons (Fsp3) is 0.786. The minimum Gasteiger partial charge on any atom is -0.396 e. The largest absolute Gasteiger partial charge is 0.396 e. The van der Waals surface area contributed by atoms with Crippen LogP contribution in [0.3, 0.4) is 0 Å². The van der Waals surface area contributed by atoms with Crippen LogP contribution in [0.25, 0.3) is 0 Å². The molecule has 0 spiro atoms. The van der Waals surface area contributed by atoms with E-state index in [-0.39, 0.29) is 12.6 Å². The van der Waals surface area contributed by atoms with Crippen LogP contribution in [0.5, 0.6) is 0 Å². The number of hydrogen-bond acceptors (Lipinski definition) is 4. The summed E-state index contributed by atoms with van der Waals surface area (Å²) in [5, 5.41) is 13.0. The van der Waals surface area contributed by atoms with E-state index in [0.717, 1.165) is 18.5 Å². The lowest BCUT2D eigenvalue weighted by Gasteiger charge is -2.27. The molecular formula is C14H26N4O. The lowest BCUT2D eigenvalue weighted by atomic mass is 10.0. The van der Waals surface area contributed by atoms with E-state index >= 15 is 0 Å². The van der Waals surface area contributed by atoms with Crippen LogP contribution < -0.4 is 11.1 Å². The van der Waals surface area contributed by atoms with Gasteiger partial charge in [0, 0.05) is 31.4 Å². The summed E-state index contributed by atoms with van der Waals surface area (Å²) in [6.07, 6.45) is 7.17. The molecule has 0 aliphatic heterocycles. The van der Waals surface area contributed by atoms with E-state index < -0.39 is 0 Å². The lowest BCUT2D eigenvalue weighted by Crippen LogP contribution is -2.40. The second-order valence-electron chi connectivity index (χ2n) is 5.75. The Morgan fingerprint density at radius 2 is 2.32 bits per heavy atom. The summed E-state index contributed by atoms with van der Waals surface area (Å²) in [6.45, 7) is 5.10. The molecule has 0 amide bonds. The van der Waals surface area contributed by atoms with E-state index in [0.29, 0.717) is 24.5 Å². The first-order valence-electron chi connectivity index (χ1n) is 7.26. The van der Waals surface area contributed by atoms with Crippen LogP contribution in [0.1, 0.15) is 50.9 Å². The highest BCUT2D eigenvalue weighted by Crippen LogP contribution is 2.27. The molecule has 1 fully saturated rings. The maximum absolute atomic E-state index is 9.41. The standard InChI is InChI=1S/C14H26N4O/c1-10(2)18-9-16-7-14(18)13(6-15)17-12-5-3-4-11(12)8-19/h7,9-13,17,19H,3-6,8,15H2,1-2H3. The SMILES string of the molecule is CC(C)n1cncc1C(CN)NC1CCCC1CO. The fourth-order valence-electron chi connectivity index (χ4n) is 3.02. The molecule has 3 unspecified atom stereocenters. The molecule has 2 rings (SSSR count). The third-order valence-electron chi connectivity index (χ3n) is 4.15. The van der Waals surface area contributed by atoms with Crippen LogP contribution in [-0.4, -0.2) is 33.9 Å². The van der Waals surface area contributed by atoms with E-state index in [1.54, 1.807) is 0 Å². The van der Waals surface area contributed by atoms with Crippen LogP contribution in [0.15, 0.2) is 12.5 Å². The van der Waals surface area contributed by atoms with Crippen molar-refractivity contribution in [3.8, 4) is 0 Å². The quantitative estimate of drug-likeness (QED) is 0.723. The Bertz CT molecular complexity index is 391. The van der Waals surface area contributed by atoms with E-state index in [1.165, 1.54) is 6.42 Å². The van der Waals surface area contributed by atoms with Gasteiger partial charge in [0.2, 0.25) is 0 Å². The summed E-state index contributed by atoms with van der Waals surface area (Å²) >= 11 is 0. The molecular weight excluding hydrogens is 240 g/mol. The number of nitrogens with zero attached hydrogens (tertiary/aromatic N) is 2. The molecule has 3 atom stereocenters. The number of imidazole rings is 1. The van der Waals surface area contributed by atoms with Crippen molar-refractivity contribution in [2.45, 2.75) is 51.2 Å². The van der Waals surface area contributed by atoms with Crippen molar-refractivity contribution in [1.82, 2.24) is 14.9 Å². The molecule has 1 aliphatic rings. The molecule has 0 bridgehead atoms. The first-order chi connectivity index (χ1) is 9.17. The molecule has 4 N–H and O–H groups in total. The fourth-order valence-corrected chi connectivity index (χ4v) is 3.02. The Morgan fingerprint density at radius 3 is 2.95 bits per heavy atom. The number of nitrogens with two attached hydrogens (primary N) is 1. The van der Waals surface area contributed by atoms with Crippen molar-refractivity contribution in [2.24, 2.45) is 11.7 Å². The minimum atomic E-state index is 0.113. The number of aliphatic hydroxyl groups excluding tert-OH is 1. The van der Waals surface area contributed by atoms with Gasteiger partial charge < -0.3 is 20.7 Å². The Hall–Kier alpha value is -0.910. The molecule has 1 aliphatic carbocycles. The van der Waals surface area contributed by atoms with Gasteiger partial charge in [0.25, 0.3) is 0 Å². The van der Waals surface area contributed by atoms with Gasteiger partial charge >= 0.3 is 0 Å². The molecule has 19 heavy (non-hydrogen) atoms. The van der Waals surface area contributed by atoms with E-state index in [1.807, 2.05) is 12.5 Å². The van der Waals surface area contributed by atoms with Crippen molar-refractivity contribution in [1.29, 1.82) is 0 Å². The Labute approximate surface area is 115 Å². The van der Waals surface area contributed by atoms with Crippen molar-refractivity contribution < 1.29 is 5.11 Å². The average Bonchev–Trinajstić information content (AvgIpc) is 3.04. The average molecular weight is 266 g/mol. The van der Waals surface area contributed by atoms with Crippen molar-refractivity contribution in [2.75, 3.05) is 13.2 Å². The van der Waals surface area contributed by atoms with Gasteiger partial charge in [-0.2, -0.15) is 0 Å². The predicted octanol–water partition coefficient (Wildman–Crippen LogP) is 1.21. The van der Waals surface area contributed by atoms with Crippen LogP contribution >= 0.6 is 0 Å². The molecule has 1 aromatic heterocycles. The third-order valence-corrected chi connectivity index (χ3v) is 4.15. The highest BCUT2D eigenvalue weighted by Gasteiger charge is 2.29. The molecule has 108 valence electrons. The maximum Gasteiger partial charge on any atom is 0.0951 e. The van der Waals surface area contributed by atoms with Gasteiger partial charge in [0.15, 0.2) is 0 Å². The van der Waals surface area contributed by atoms with E-state index in [9.17, 15) is 5.11 Å². The third kappa shape index (κ3) is 3.16. The van der Waals surface area contributed by atoms with Crippen molar-refractivity contribution >= 4 is 0 Å². The summed E-state index contributed by atoms with van der Waals surface area (Å²) in [5.74, 6) is 0.365. The number of aromatic nitrogens is 2. The van der Waals surface area contributed by atoms with Crippen molar-refractivity contribution in [3.63, 3.8) is 0 Å². The molecule has 1 aromatic rings. The van der Waals surface area contributed by atoms with Crippen molar-refractivity contribution in [3.05, 3.63) is 18.2 Å². The van der Waals surface area contributed by atoms with Crippen LogP contribution in [-0.2, 0) is 0 Å². The van der Waals surface area contributed by atoms with Crippen LogP contribution in [0, 0.1) is 5.92 Å². The van der Waals surface area contributed by atoms with Crippen LogP contribution in [0.4, 0.5) is 0 Å². The maximum atomic E-state index is 9.41. The Balaban J connectivity index is 2.09. The highest BCUT2D eigenvalue weighted by atomic mass is 16.3. The first-order valence-corrected chi connectivity index (χ1v) is 7.26. The predicted molar refractivity (Wildman–Crippen MR) is 75.8 cm³/mol. The number of aliphatic hydroxyl groups is 1. The Kier molecular flexibility index (Phi) is 4.96. The van der Waals surface area contributed by atoms with Gasteiger partial charge in [0.1, 0.15) is 0 Å². The summed E-state index contributed by atoms with van der Waals surface area (Å²) in [5.41, 5.74) is 7.07. The zero-order chi connectivity index (χ0) is 13.8. The number of nitrogens with one attached hydrogen (secondary N) is 1. The zero-order valence-electron chi connectivity index (χ0n) is 11.9. The normalized spacial score (nSPS) is 25.1. The molecule has 5 heteroatoms. The van der Waals surface area contributed by atoms with Crippen LogP contribution in [0.2, 0.25) is 0 Å². The topological polar surface area (TPSA) is 76.1 Å². The summed E-state index contributed by atoms with van der Waals surface area (Å²) < 4.78 is 2.16. The highest BCUT2D eigenvalue weighted by molar-refractivity contribution is 5.08. The molecule has 0 radical (unpaired) electrons. The lowest BCUT2D eigenvalue weighted by molar-refractivity contribution is 0.199. The Morgan fingerprint density at radius 1 is 1.53 bits per heavy atom. The summed E-state index contributed by atoms with van der Waals surface area (Å²) in [6, 6.07) is 0.863. The molecule has 5 nitrogen and oxygen atoms in total. The van der Waals surface area contributed by atoms with Gasteiger partial charge in [-0.3, -0.25) is 0 Å². The summed E-state index contributed by atoms with van der Waals surface area (Å²) in [4.78, 5) is 4.24. The van der Waals surface area contributed by atoms with E-state index in [4.69, 9.17) is 5.73 Å². The number of hydrogen-bond donors (Lipinski definition) is 3. The zero-order valence-corrected chi connectivity index (χ0v) is 11.9. The second-order valence-corrected chi connectivity index (χ2v) is 5.75. The summed E-state index contributed by atoms with van der Waals surface area (Å²) in [7, 11) is 0. The molecule has 0 aromatic carbocycles. The monoisotopic (exact) mass is 266 g/mol. The second kappa shape index (κ2) is 6.50. The minimum absolute atomic E-state index is 0.113. The molecule has 1 saturated carbocycles. The van der Waals surface area contributed by atoms with Gasteiger partial charge in [0.05, 0.1) is 18.1 Å². The first kappa shape index (κ1) is 14.5. The van der Waals surface area contributed by atoms with E-state index in [2.05, 4.69) is 28.7 Å². The van der Waals surface area contributed by atoms with Gasteiger partial charge in [-0.05, 0) is 32.6 Å². The molecule has 0 saturated heterocycles. The van der Waals surface area contributed by atoms with Gasteiger partial charge in [-0.25, -0.2) is 4.98 Å². The number of rotatable bonds is 6. The van der Waals surface area contributed by atoms with Gasteiger partial charge in [-0.1, -0.05) is 6.42 Å². The smallest absolute Gasteiger partial charge is 0.0951 e.